The molecule has 2 N–H and O–H groups in total. The van der Waals surface area contributed by atoms with E-state index in [2.05, 4.69) is 73.9 Å². The zero-order valence-corrected chi connectivity index (χ0v) is 36.2. The lowest BCUT2D eigenvalue weighted by molar-refractivity contribution is -0.112. The molecule has 4 aliphatic rings. The van der Waals surface area contributed by atoms with Crippen molar-refractivity contribution in [2.45, 2.75) is 63.1 Å². The van der Waals surface area contributed by atoms with Crippen LogP contribution >= 0.6 is 0 Å². The van der Waals surface area contributed by atoms with E-state index < -0.39 is 22.3 Å². The molecule has 0 amide bonds. The number of hydrogen-bond donors (Lipinski definition) is 2. The number of anilines is 2. The Kier molecular flexibility index (Phi) is 11.8. The van der Waals surface area contributed by atoms with E-state index in [0.29, 0.717) is 60.1 Å². The number of phenols is 2. The Balaban J connectivity index is 1.05. The fourth-order valence-corrected chi connectivity index (χ4v) is 10.1. The zero-order valence-electron chi connectivity index (χ0n) is 36.2. The van der Waals surface area contributed by atoms with Gasteiger partial charge < -0.3 is 53.4 Å². The molecule has 2 atom stereocenters. The van der Waals surface area contributed by atoms with Gasteiger partial charge in [-0.2, -0.15) is 0 Å². The van der Waals surface area contributed by atoms with Crippen molar-refractivity contribution in [2.24, 2.45) is 0 Å². The van der Waals surface area contributed by atoms with E-state index in [1.54, 1.807) is 34.1 Å². The van der Waals surface area contributed by atoms with E-state index in [1.807, 2.05) is 36.4 Å². The van der Waals surface area contributed by atoms with Gasteiger partial charge in [-0.1, -0.05) is 36.4 Å². The van der Waals surface area contributed by atoms with Gasteiger partial charge in [0.1, 0.15) is 48.1 Å². The lowest BCUT2D eigenvalue weighted by Crippen LogP contribution is -2.60. The number of aromatic hydroxyl groups is 2. The van der Waals surface area contributed by atoms with Crippen LogP contribution in [0, 0.1) is 0 Å². The Morgan fingerprint density at radius 1 is 0.587 bits per heavy atom. The van der Waals surface area contributed by atoms with Gasteiger partial charge in [0.2, 0.25) is 11.4 Å². The third-order valence-corrected chi connectivity index (χ3v) is 13.2. The second kappa shape index (κ2) is 17.1. The summed E-state index contributed by atoms with van der Waals surface area (Å²) in [5.41, 5.74) is 3.86. The number of carbonyl (C=O) groups is 4. The van der Waals surface area contributed by atoms with Gasteiger partial charge in [-0.25, -0.2) is 0 Å². The van der Waals surface area contributed by atoms with Gasteiger partial charge in [0.25, 0.3) is 0 Å². The SMILES string of the molecule is CC1(C)c2ccccc2N(CCOCCN2c3ccccc3C(C)(C)C23C=Cc2cc(O)cc(CN(CC=O)CC=O)c2O3)C12C=Cc1cc(O)cc(CN(CC=O)CC=O)c1O2. The molecule has 4 aromatic rings. The van der Waals surface area contributed by atoms with Crippen molar-refractivity contribution < 1.29 is 43.6 Å². The number of benzene rings is 4. The molecule has 8 rings (SSSR count). The normalized spacial score (nSPS) is 20.6. The molecule has 0 bridgehead atoms. The summed E-state index contributed by atoms with van der Waals surface area (Å²) in [6.07, 6.45) is 11.1. The molecule has 0 aromatic heterocycles. The molecule has 0 saturated carbocycles. The van der Waals surface area contributed by atoms with E-state index >= 15 is 0 Å². The average Bonchev–Trinajstić information content (AvgIpc) is 3.54. The minimum Gasteiger partial charge on any atom is -0.508 e. The third kappa shape index (κ3) is 7.37. The quantitative estimate of drug-likeness (QED) is 0.0890. The highest BCUT2D eigenvalue weighted by atomic mass is 16.5. The van der Waals surface area contributed by atoms with Crippen molar-refractivity contribution in [3.8, 4) is 23.0 Å². The summed E-state index contributed by atoms with van der Waals surface area (Å²) in [6, 6.07) is 23.1. The van der Waals surface area contributed by atoms with Crippen LogP contribution in [0.5, 0.6) is 23.0 Å². The molecule has 0 aliphatic carbocycles. The van der Waals surface area contributed by atoms with Crippen LogP contribution in [0.25, 0.3) is 12.2 Å². The molecule has 4 aliphatic heterocycles. The Bertz CT molecular complexity index is 2290. The second-order valence-electron chi connectivity index (χ2n) is 17.6. The first kappa shape index (κ1) is 43.4. The Morgan fingerprint density at radius 3 is 1.35 bits per heavy atom. The van der Waals surface area contributed by atoms with Gasteiger partial charge in [-0.3, -0.25) is 9.80 Å². The fraction of sp³-hybridized carbons (Fsp3) is 0.360. The van der Waals surface area contributed by atoms with E-state index in [0.717, 1.165) is 47.6 Å². The minimum atomic E-state index is -0.992. The van der Waals surface area contributed by atoms with Crippen LogP contribution in [0.3, 0.4) is 0 Å². The topological polar surface area (TPSA) is 149 Å². The first-order valence-corrected chi connectivity index (χ1v) is 21.3. The maximum Gasteiger partial charge on any atom is 0.212 e. The number of fused-ring (bicyclic) bond motifs is 4. The maximum absolute atomic E-state index is 11.5. The van der Waals surface area contributed by atoms with Crippen molar-refractivity contribution in [2.75, 3.05) is 62.3 Å². The van der Waals surface area contributed by atoms with Crippen molar-refractivity contribution >= 4 is 48.7 Å². The molecule has 13 heteroatoms. The Hall–Kier alpha value is -6.28. The van der Waals surface area contributed by atoms with Crippen LogP contribution < -0.4 is 19.3 Å². The molecule has 328 valence electrons. The van der Waals surface area contributed by atoms with Gasteiger partial charge in [-0.15, -0.1) is 0 Å². The van der Waals surface area contributed by atoms with Gasteiger partial charge in [0.05, 0.1) is 50.2 Å². The van der Waals surface area contributed by atoms with E-state index in [-0.39, 0.29) is 50.8 Å². The van der Waals surface area contributed by atoms with Crippen LogP contribution in [0.15, 0.2) is 84.9 Å². The molecular formula is C50H54N4O9. The van der Waals surface area contributed by atoms with Crippen LogP contribution in [0.2, 0.25) is 0 Å². The predicted octanol–water partition coefficient (Wildman–Crippen LogP) is 6.01. The lowest BCUT2D eigenvalue weighted by Gasteiger charge is -2.48. The molecular weight excluding hydrogens is 801 g/mol. The fourth-order valence-electron chi connectivity index (χ4n) is 10.1. The number of aldehydes is 4. The van der Waals surface area contributed by atoms with E-state index in [4.69, 9.17) is 14.2 Å². The third-order valence-electron chi connectivity index (χ3n) is 13.2. The number of nitrogens with zero attached hydrogens (tertiary/aromatic N) is 4. The first-order chi connectivity index (χ1) is 30.3. The number of rotatable bonds is 18. The summed E-state index contributed by atoms with van der Waals surface area (Å²) < 4.78 is 20.9. The molecule has 2 spiro atoms. The minimum absolute atomic E-state index is 0.0528. The highest BCUT2D eigenvalue weighted by molar-refractivity contribution is 5.76. The second-order valence-corrected chi connectivity index (χ2v) is 17.6. The predicted molar refractivity (Wildman–Crippen MR) is 240 cm³/mol. The summed E-state index contributed by atoms with van der Waals surface area (Å²) in [5.74, 6) is 1.27. The summed E-state index contributed by atoms with van der Waals surface area (Å²) in [6.45, 7) is 10.9. The van der Waals surface area contributed by atoms with Crippen molar-refractivity contribution in [1.29, 1.82) is 0 Å². The number of phenolic OH excluding ortho intramolecular Hbond substituents is 2. The molecule has 2 unspecified atom stereocenters. The van der Waals surface area contributed by atoms with Gasteiger partial charge in [-0.05, 0) is 99.5 Å². The van der Waals surface area contributed by atoms with Crippen LogP contribution in [0.1, 0.15) is 61.1 Å². The van der Waals surface area contributed by atoms with Crippen molar-refractivity contribution in [3.63, 3.8) is 0 Å². The van der Waals surface area contributed by atoms with Crippen molar-refractivity contribution in [3.05, 3.63) is 118 Å². The molecule has 4 aromatic carbocycles. The summed E-state index contributed by atoms with van der Waals surface area (Å²) >= 11 is 0. The molecule has 0 saturated heterocycles. The molecule has 0 fully saturated rings. The van der Waals surface area contributed by atoms with Gasteiger partial charge >= 0.3 is 0 Å². The Morgan fingerprint density at radius 2 is 0.968 bits per heavy atom. The average molecular weight is 855 g/mol. The molecule has 4 heterocycles. The van der Waals surface area contributed by atoms with Gasteiger partial charge in [0, 0.05) is 59.8 Å². The summed E-state index contributed by atoms with van der Waals surface area (Å²) in [5, 5.41) is 21.4. The summed E-state index contributed by atoms with van der Waals surface area (Å²) in [7, 11) is 0. The lowest BCUT2D eigenvalue weighted by atomic mass is 9.76. The number of carbonyl (C=O) groups excluding carboxylic acids is 4. The largest absolute Gasteiger partial charge is 0.508 e. The maximum atomic E-state index is 11.5. The number of para-hydroxylation sites is 2. The molecule has 63 heavy (non-hydrogen) atoms. The van der Waals surface area contributed by atoms with Crippen LogP contribution in [-0.4, -0.2) is 109 Å². The smallest absolute Gasteiger partial charge is 0.212 e. The highest BCUT2D eigenvalue weighted by Crippen LogP contribution is 2.57. The summed E-state index contributed by atoms with van der Waals surface area (Å²) in [4.78, 5) is 53.9. The Labute approximate surface area is 367 Å². The zero-order chi connectivity index (χ0) is 44.6. The monoisotopic (exact) mass is 854 g/mol. The number of ether oxygens (including phenoxy) is 3. The van der Waals surface area contributed by atoms with Crippen LogP contribution in [-0.2, 0) is 47.8 Å². The van der Waals surface area contributed by atoms with E-state index in [1.165, 1.54) is 0 Å². The standard InChI is InChI=1S/C50H54N4O9/c1-47(2)41-9-5-7-11-43(41)53(49(47)15-13-35-29-39(59)31-37(45(35)62-49)33-51(17-23-55)18-24-56)21-27-61-28-22-54-44-12-8-6-10-42(44)48(3,4)50(54)16-14-36-30-40(60)32-38(46(36)63-50)34-52(19-25-57)20-26-58/h5-16,23-26,29-32,59-60H,17-22,27-28,33-34H2,1-4H3. The molecule has 13 nitrogen and oxygen atoms in total. The van der Waals surface area contributed by atoms with Gasteiger partial charge in [0.15, 0.2) is 0 Å². The molecule has 0 radical (unpaired) electrons. The first-order valence-electron chi connectivity index (χ1n) is 21.3. The highest BCUT2D eigenvalue weighted by Gasteiger charge is 2.60. The number of hydrogen-bond acceptors (Lipinski definition) is 13. The van der Waals surface area contributed by atoms with Crippen molar-refractivity contribution in [1.82, 2.24) is 9.80 Å². The van der Waals surface area contributed by atoms with Crippen LogP contribution in [0.4, 0.5) is 11.4 Å². The van der Waals surface area contributed by atoms with E-state index in [9.17, 15) is 29.4 Å².